The van der Waals surface area contributed by atoms with Gasteiger partial charge in [-0.1, -0.05) is 0 Å². The van der Waals surface area contributed by atoms with Crippen LogP contribution in [-0.2, 0) is 14.2 Å². The van der Waals surface area contributed by atoms with Crippen LogP contribution in [0, 0.1) is 11.3 Å². The Morgan fingerprint density at radius 1 is 1.28 bits per heavy atom. The molecule has 4 atom stereocenters. The Labute approximate surface area is 144 Å². The minimum Gasteiger partial charge on any atom is -0.382 e. The molecule has 2 aliphatic rings. The van der Waals surface area contributed by atoms with E-state index in [0.29, 0.717) is 23.4 Å². The maximum Gasteiger partial charge on any atom is 0.167 e. The van der Waals surface area contributed by atoms with Crippen LogP contribution in [-0.4, -0.2) is 43.6 Å². The fourth-order valence-electron chi connectivity index (χ4n) is 3.55. The molecule has 9 nitrogen and oxygen atoms in total. The number of ether oxygens (including phenoxy) is 3. The highest BCUT2D eigenvalue weighted by molar-refractivity contribution is 5.81. The molecular weight excluding hydrogens is 324 g/mol. The van der Waals surface area contributed by atoms with Crippen molar-refractivity contribution in [2.45, 2.75) is 63.4 Å². The molecule has 0 unspecified atom stereocenters. The van der Waals surface area contributed by atoms with Crippen LogP contribution in [0.3, 0.4) is 0 Å². The first-order valence-corrected chi connectivity index (χ1v) is 8.31. The highest BCUT2D eigenvalue weighted by Crippen LogP contribution is 2.44. The molecule has 2 saturated heterocycles. The fraction of sp³-hybridized carbons (Fsp3) is 0.625. The molecule has 2 aromatic heterocycles. The standard InChI is InChI=1S/C16H20N6O3/c1-16(2)24-11-9(5-3-4-6-17)23-15(12(11)25-16)22-8-21-10-13(18)19-7-20-14(10)22/h7-9,11-12,15H,3-5H2,1-2H3,(H2,18,19,20)/t9-,11-,12-,15-/m1/s1. The van der Waals surface area contributed by atoms with Gasteiger partial charge in [0.1, 0.15) is 24.1 Å². The summed E-state index contributed by atoms with van der Waals surface area (Å²) in [5.41, 5.74) is 7.01. The van der Waals surface area contributed by atoms with Crippen LogP contribution in [0.1, 0.15) is 39.3 Å². The minimum atomic E-state index is -0.685. The molecule has 25 heavy (non-hydrogen) atoms. The number of rotatable bonds is 4. The normalized spacial score (nSPS) is 30.4. The second kappa shape index (κ2) is 5.91. The number of aromatic nitrogens is 4. The number of unbranched alkanes of at least 4 members (excludes halogenated alkanes) is 1. The lowest BCUT2D eigenvalue weighted by Crippen LogP contribution is -2.29. The number of nitriles is 1. The molecule has 4 heterocycles. The lowest BCUT2D eigenvalue weighted by molar-refractivity contribution is -0.197. The van der Waals surface area contributed by atoms with Crippen LogP contribution in [0.15, 0.2) is 12.7 Å². The summed E-state index contributed by atoms with van der Waals surface area (Å²) in [6.45, 7) is 3.78. The van der Waals surface area contributed by atoms with Crippen LogP contribution in [0.5, 0.6) is 0 Å². The van der Waals surface area contributed by atoms with Gasteiger partial charge in [-0.2, -0.15) is 5.26 Å². The maximum absolute atomic E-state index is 8.77. The van der Waals surface area contributed by atoms with Crippen molar-refractivity contribution in [2.24, 2.45) is 0 Å². The Bertz CT molecular complexity index is 829. The average Bonchev–Trinajstić information content (AvgIpc) is 3.20. The first-order valence-electron chi connectivity index (χ1n) is 8.31. The van der Waals surface area contributed by atoms with Crippen molar-refractivity contribution < 1.29 is 14.2 Å². The molecule has 0 aliphatic carbocycles. The molecule has 2 aromatic rings. The molecule has 2 N–H and O–H groups in total. The van der Waals surface area contributed by atoms with E-state index in [9.17, 15) is 0 Å². The van der Waals surface area contributed by atoms with E-state index in [1.165, 1.54) is 6.33 Å². The van der Waals surface area contributed by atoms with Crippen molar-refractivity contribution in [2.75, 3.05) is 5.73 Å². The molecule has 132 valence electrons. The number of hydrogen-bond acceptors (Lipinski definition) is 8. The first kappa shape index (κ1) is 16.2. The highest BCUT2D eigenvalue weighted by Gasteiger charge is 2.55. The smallest absolute Gasteiger partial charge is 0.167 e. The fourth-order valence-corrected chi connectivity index (χ4v) is 3.55. The van der Waals surface area contributed by atoms with Gasteiger partial charge in [0, 0.05) is 6.42 Å². The van der Waals surface area contributed by atoms with E-state index >= 15 is 0 Å². The topological polar surface area (TPSA) is 121 Å². The number of hydrogen-bond donors (Lipinski definition) is 1. The van der Waals surface area contributed by atoms with Gasteiger partial charge in [-0.15, -0.1) is 0 Å². The van der Waals surface area contributed by atoms with Gasteiger partial charge in [0.2, 0.25) is 0 Å². The van der Waals surface area contributed by atoms with Gasteiger partial charge in [0.15, 0.2) is 23.5 Å². The molecule has 2 aliphatic heterocycles. The molecular formula is C16H20N6O3. The summed E-state index contributed by atoms with van der Waals surface area (Å²) in [6.07, 6.45) is 3.97. The Balaban J connectivity index is 1.66. The molecule has 9 heteroatoms. The molecule has 0 bridgehead atoms. The zero-order valence-electron chi connectivity index (χ0n) is 14.1. The molecule has 2 fully saturated rings. The molecule has 0 radical (unpaired) electrons. The monoisotopic (exact) mass is 344 g/mol. The Morgan fingerprint density at radius 2 is 2.08 bits per heavy atom. The molecule has 0 saturated carbocycles. The van der Waals surface area contributed by atoms with Gasteiger partial charge in [-0.3, -0.25) is 4.57 Å². The summed E-state index contributed by atoms with van der Waals surface area (Å²) in [7, 11) is 0. The van der Waals surface area contributed by atoms with Crippen LogP contribution in [0.25, 0.3) is 11.2 Å². The van der Waals surface area contributed by atoms with Crippen LogP contribution >= 0.6 is 0 Å². The van der Waals surface area contributed by atoms with Crippen molar-refractivity contribution in [1.29, 1.82) is 5.26 Å². The van der Waals surface area contributed by atoms with E-state index in [1.54, 1.807) is 6.33 Å². The third kappa shape index (κ3) is 2.72. The Morgan fingerprint density at radius 3 is 2.88 bits per heavy atom. The first-order chi connectivity index (χ1) is 12.0. The highest BCUT2D eigenvalue weighted by atomic mass is 16.8. The van der Waals surface area contributed by atoms with E-state index in [2.05, 4.69) is 21.0 Å². The maximum atomic E-state index is 8.77. The number of nitrogen functional groups attached to an aromatic ring is 1. The van der Waals surface area contributed by atoms with Crippen molar-refractivity contribution in [3.8, 4) is 6.07 Å². The van der Waals surface area contributed by atoms with Gasteiger partial charge in [-0.25, -0.2) is 15.0 Å². The largest absolute Gasteiger partial charge is 0.382 e. The summed E-state index contributed by atoms with van der Waals surface area (Å²) in [4.78, 5) is 12.6. The van der Waals surface area contributed by atoms with E-state index in [1.807, 2.05) is 18.4 Å². The van der Waals surface area contributed by atoms with Crippen molar-refractivity contribution in [3.05, 3.63) is 12.7 Å². The van der Waals surface area contributed by atoms with E-state index in [4.69, 9.17) is 25.2 Å². The van der Waals surface area contributed by atoms with Gasteiger partial charge >= 0.3 is 0 Å². The van der Waals surface area contributed by atoms with Gasteiger partial charge < -0.3 is 19.9 Å². The summed E-state index contributed by atoms with van der Waals surface area (Å²) < 4.78 is 20.2. The molecule has 4 rings (SSSR count). The SMILES string of the molecule is CC1(C)O[C@@H]2[C@H](O1)[C@@H](CCCC#N)O[C@H]2n1cnc2c(N)ncnc21. The number of nitrogens with zero attached hydrogens (tertiary/aromatic N) is 5. The number of nitrogens with two attached hydrogens (primary N) is 1. The van der Waals surface area contributed by atoms with E-state index in [0.717, 1.165) is 12.8 Å². The zero-order valence-corrected chi connectivity index (χ0v) is 14.1. The summed E-state index contributed by atoms with van der Waals surface area (Å²) in [5.74, 6) is -0.359. The Hall–Kier alpha value is -2.28. The van der Waals surface area contributed by atoms with Crippen molar-refractivity contribution >= 4 is 17.0 Å². The Kier molecular flexibility index (Phi) is 3.83. The lowest BCUT2D eigenvalue weighted by atomic mass is 10.1. The average molecular weight is 344 g/mol. The number of imidazole rings is 1. The molecule has 0 aromatic carbocycles. The second-order valence-corrected chi connectivity index (χ2v) is 6.76. The minimum absolute atomic E-state index is 0.151. The quantitative estimate of drug-likeness (QED) is 0.829. The summed E-state index contributed by atoms with van der Waals surface area (Å²) in [5, 5.41) is 8.77. The predicted molar refractivity (Wildman–Crippen MR) is 86.9 cm³/mol. The molecule has 0 spiro atoms. The zero-order chi connectivity index (χ0) is 17.6. The van der Waals surface area contributed by atoms with E-state index < -0.39 is 12.0 Å². The van der Waals surface area contributed by atoms with Crippen LogP contribution in [0.4, 0.5) is 5.82 Å². The second-order valence-electron chi connectivity index (χ2n) is 6.76. The number of anilines is 1. The van der Waals surface area contributed by atoms with Crippen LogP contribution in [0.2, 0.25) is 0 Å². The number of fused-ring (bicyclic) bond motifs is 2. The third-order valence-corrected chi connectivity index (χ3v) is 4.56. The summed E-state index contributed by atoms with van der Waals surface area (Å²) >= 11 is 0. The van der Waals surface area contributed by atoms with Gasteiger partial charge in [-0.05, 0) is 26.7 Å². The lowest BCUT2D eigenvalue weighted by Gasteiger charge is -2.24. The third-order valence-electron chi connectivity index (χ3n) is 4.56. The van der Waals surface area contributed by atoms with Gasteiger partial charge in [0.05, 0.1) is 18.5 Å². The van der Waals surface area contributed by atoms with Crippen molar-refractivity contribution in [1.82, 2.24) is 19.5 Å². The van der Waals surface area contributed by atoms with Crippen LogP contribution < -0.4 is 5.73 Å². The molecule has 0 amide bonds. The van der Waals surface area contributed by atoms with Crippen molar-refractivity contribution in [3.63, 3.8) is 0 Å². The van der Waals surface area contributed by atoms with Gasteiger partial charge in [0.25, 0.3) is 0 Å². The predicted octanol–water partition coefficient (Wildman–Crippen LogP) is 1.52. The van der Waals surface area contributed by atoms with E-state index in [-0.39, 0.29) is 18.3 Å². The summed E-state index contributed by atoms with van der Waals surface area (Å²) in [6, 6.07) is 2.16.